The lowest BCUT2D eigenvalue weighted by Crippen LogP contribution is -2.49. The van der Waals surface area contributed by atoms with E-state index >= 15 is 0 Å². The van der Waals surface area contributed by atoms with Crippen molar-refractivity contribution in [3.63, 3.8) is 0 Å². The van der Waals surface area contributed by atoms with Gasteiger partial charge in [-0.1, -0.05) is 0 Å². The van der Waals surface area contributed by atoms with Gasteiger partial charge in [0.05, 0.1) is 29.0 Å². The number of hydrogen-bond acceptors (Lipinski definition) is 6. The second-order valence-electron chi connectivity index (χ2n) is 6.74. The van der Waals surface area contributed by atoms with E-state index in [0.717, 1.165) is 35.4 Å². The number of benzene rings is 1. The molecule has 1 fully saturated rings. The van der Waals surface area contributed by atoms with Gasteiger partial charge in [0.2, 0.25) is 0 Å². The van der Waals surface area contributed by atoms with Crippen LogP contribution >= 0.6 is 0 Å². The molecule has 0 unspecified atom stereocenters. The maximum Gasteiger partial charge on any atom is 0.101 e. The SMILES string of the molecule is C[C@@H]1CN(c2ccc(C#N)c3ncccc23)C[C@@H](CNc2cccnc2)O1. The number of morpholine rings is 1. The van der Waals surface area contributed by atoms with Crippen LogP contribution in [0.2, 0.25) is 0 Å². The molecule has 1 aliphatic rings. The summed E-state index contributed by atoms with van der Waals surface area (Å²) in [6.07, 6.45) is 5.47. The molecule has 6 heteroatoms. The quantitative estimate of drug-likeness (QED) is 0.771. The van der Waals surface area contributed by atoms with E-state index in [1.54, 1.807) is 12.4 Å². The Kier molecular flexibility index (Phi) is 4.86. The summed E-state index contributed by atoms with van der Waals surface area (Å²) in [5, 5.41) is 13.8. The van der Waals surface area contributed by atoms with Crippen molar-refractivity contribution in [2.75, 3.05) is 29.9 Å². The Hall–Kier alpha value is -3.17. The summed E-state index contributed by atoms with van der Waals surface area (Å²) in [5.41, 5.74) is 3.43. The van der Waals surface area contributed by atoms with E-state index in [2.05, 4.69) is 33.2 Å². The fourth-order valence-electron chi connectivity index (χ4n) is 3.58. The van der Waals surface area contributed by atoms with Crippen LogP contribution in [-0.4, -0.2) is 41.8 Å². The maximum atomic E-state index is 9.36. The van der Waals surface area contributed by atoms with Crippen molar-refractivity contribution in [2.45, 2.75) is 19.1 Å². The van der Waals surface area contributed by atoms with Crippen molar-refractivity contribution in [1.82, 2.24) is 9.97 Å². The summed E-state index contributed by atoms with van der Waals surface area (Å²) in [7, 11) is 0. The molecule has 1 aromatic carbocycles. The number of rotatable bonds is 4. The third-order valence-electron chi connectivity index (χ3n) is 4.73. The third kappa shape index (κ3) is 3.69. The number of nitrogens with zero attached hydrogens (tertiary/aromatic N) is 4. The molecule has 0 spiro atoms. The smallest absolute Gasteiger partial charge is 0.101 e. The lowest BCUT2D eigenvalue weighted by atomic mass is 10.1. The topological polar surface area (TPSA) is 74.1 Å². The third-order valence-corrected chi connectivity index (χ3v) is 4.73. The van der Waals surface area contributed by atoms with Crippen LogP contribution in [0, 0.1) is 11.3 Å². The number of ether oxygens (including phenoxy) is 1. The van der Waals surface area contributed by atoms with Crippen LogP contribution < -0.4 is 10.2 Å². The highest BCUT2D eigenvalue weighted by molar-refractivity contribution is 5.95. The Balaban J connectivity index is 1.57. The van der Waals surface area contributed by atoms with Crippen molar-refractivity contribution in [3.8, 4) is 6.07 Å². The van der Waals surface area contributed by atoms with Crippen molar-refractivity contribution >= 4 is 22.3 Å². The van der Waals surface area contributed by atoms with E-state index in [1.165, 1.54) is 0 Å². The molecular formula is C21H21N5O. The molecule has 3 aromatic rings. The van der Waals surface area contributed by atoms with Crippen LogP contribution in [0.15, 0.2) is 55.0 Å². The van der Waals surface area contributed by atoms with Gasteiger partial charge in [0, 0.05) is 49.3 Å². The largest absolute Gasteiger partial charge is 0.381 e. The number of nitriles is 1. The van der Waals surface area contributed by atoms with Gasteiger partial charge in [-0.3, -0.25) is 9.97 Å². The van der Waals surface area contributed by atoms with Crippen LogP contribution in [0.1, 0.15) is 12.5 Å². The van der Waals surface area contributed by atoms with Gasteiger partial charge in [0.15, 0.2) is 0 Å². The molecule has 2 atom stereocenters. The van der Waals surface area contributed by atoms with Gasteiger partial charge in [-0.05, 0) is 43.3 Å². The van der Waals surface area contributed by atoms with E-state index in [4.69, 9.17) is 4.74 Å². The predicted molar refractivity (Wildman–Crippen MR) is 106 cm³/mol. The molecule has 1 N–H and O–H groups in total. The average molecular weight is 359 g/mol. The molecule has 6 nitrogen and oxygen atoms in total. The standard InChI is InChI=1S/C21H21N5O/c1-15-13-26(14-18(27-15)12-25-17-4-2-8-23-11-17)20-7-6-16(10-22)21-19(20)5-3-9-24-21/h2-9,11,15,18,25H,12-14H2,1H3/t15-,18-/m1/s1. The van der Waals surface area contributed by atoms with Crippen LogP contribution in [0.25, 0.3) is 10.9 Å². The van der Waals surface area contributed by atoms with Gasteiger partial charge in [0.25, 0.3) is 0 Å². The highest BCUT2D eigenvalue weighted by Crippen LogP contribution is 2.30. The summed E-state index contributed by atoms with van der Waals surface area (Å²) in [6.45, 7) is 4.37. The molecule has 1 saturated heterocycles. The Morgan fingerprint density at radius 3 is 2.93 bits per heavy atom. The Morgan fingerprint density at radius 2 is 2.11 bits per heavy atom. The predicted octanol–water partition coefficient (Wildman–Crippen LogP) is 3.21. The number of fused-ring (bicyclic) bond motifs is 1. The first kappa shape index (κ1) is 17.3. The first-order valence-corrected chi connectivity index (χ1v) is 9.06. The highest BCUT2D eigenvalue weighted by atomic mass is 16.5. The molecule has 4 rings (SSSR count). The number of aromatic nitrogens is 2. The summed E-state index contributed by atoms with van der Waals surface area (Å²) in [4.78, 5) is 10.9. The minimum Gasteiger partial charge on any atom is -0.381 e. The van der Waals surface area contributed by atoms with Crippen LogP contribution in [0.3, 0.4) is 0 Å². The fraction of sp³-hybridized carbons (Fsp3) is 0.286. The number of pyridine rings is 2. The van der Waals surface area contributed by atoms with E-state index in [1.807, 2.05) is 42.6 Å². The monoisotopic (exact) mass is 359 g/mol. The zero-order valence-corrected chi connectivity index (χ0v) is 15.2. The summed E-state index contributed by atoms with van der Waals surface area (Å²) in [5.74, 6) is 0. The van der Waals surface area contributed by atoms with Gasteiger partial charge in [-0.2, -0.15) is 5.26 Å². The molecule has 0 amide bonds. The fourth-order valence-corrected chi connectivity index (χ4v) is 3.58. The maximum absolute atomic E-state index is 9.36. The molecule has 1 aliphatic heterocycles. The van der Waals surface area contributed by atoms with E-state index in [0.29, 0.717) is 12.1 Å². The van der Waals surface area contributed by atoms with Crippen molar-refractivity contribution in [1.29, 1.82) is 5.26 Å². The van der Waals surface area contributed by atoms with Crippen molar-refractivity contribution in [3.05, 3.63) is 60.6 Å². The second kappa shape index (κ2) is 7.60. The first-order chi connectivity index (χ1) is 13.2. The highest BCUT2D eigenvalue weighted by Gasteiger charge is 2.26. The lowest BCUT2D eigenvalue weighted by Gasteiger charge is -2.39. The van der Waals surface area contributed by atoms with Crippen LogP contribution in [-0.2, 0) is 4.74 Å². The minimum atomic E-state index is 0.0521. The summed E-state index contributed by atoms with van der Waals surface area (Å²) >= 11 is 0. The summed E-state index contributed by atoms with van der Waals surface area (Å²) in [6, 6.07) is 14.0. The second-order valence-corrected chi connectivity index (χ2v) is 6.74. The molecule has 27 heavy (non-hydrogen) atoms. The van der Waals surface area contributed by atoms with Crippen LogP contribution in [0.4, 0.5) is 11.4 Å². The molecule has 0 saturated carbocycles. The van der Waals surface area contributed by atoms with Crippen LogP contribution in [0.5, 0.6) is 0 Å². The number of anilines is 2. The molecule has 136 valence electrons. The Bertz CT molecular complexity index is 969. The van der Waals surface area contributed by atoms with E-state index < -0.39 is 0 Å². The molecular weight excluding hydrogens is 338 g/mol. The normalized spacial score (nSPS) is 19.6. The molecule has 3 heterocycles. The Morgan fingerprint density at radius 1 is 1.22 bits per heavy atom. The summed E-state index contributed by atoms with van der Waals surface area (Å²) < 4.78 is 6.12. The molecule has 0 aliphatic carbocycles. The van der Waals surface area contributed by atoms with E-state index in [-0.39, 0.29) is 12.2 Å². The zero-order chi connectivity index (χ0) is 18.6. The molecule has 0 radical (unpaired) electrons. The van der Waals surface area contributed by atoms with Gasteiger partial charge in [-0.25, -0.2) is 0 Å². The molecule has 2 aromatic heterocycles. The van der Waals surface area contributed by atoms with Gasteiger partial charge in [0.1, 0.15) is 6.07 Å². The Labute approximate surface area is 158 Å². The number of hydrogen-bond donors (Lipinski definition) is 1. The lowest BCUT2D eigenvalue weighted by molar-refractivity contribution is -0.00820. The van der Waals surface area contributed by atoms with Gasteiger partial charge in [-0.15, -0.1) is 0 Å². The number of nitrogens with one attached hydrogen (secondary N) is 1. The van der Waals surface area contributed by atoms with Gasteiger partial charge >= 0.3 is 0 Å². The van der Waals surface area contributed by atoms with Gasteiger partial charge < -0.3 is 15.0 Å². The van der Waals surface area contributed by atoms with Crippen molar-refractivity contribution in [2.24, 2.45) is 0 Å². The molecule has 0 bridgehead atoms. The average Bonchev–Trinajstić information content (AvgIpc) is 2.72. The van der Waals surface area contributed by atoms with Crippen molar-refractivity contribution < 1.29 is 4.74 Å². The minimum absolute atomic E-state index is 0.0521. The first-order valence-electron chi connectivity index (χ1n) is 9.06. The van der Waals surface area contributed by atoms with E-state index in [9.17, 15) is 5.26 Å². The zero-order valence-electron chi connectivity index (χ0n) is 15.2.